The van der Waals surface area contributed by atoms with Crippen molar-refractivity contribution >= 4 is 34.9 Å². The summed E-state index contributed by atoms with van der Waals surface area (Å²) >= 11 is 5.98. The molecule has 1 aliphatic heterocycles. The maximum atomic E-state index is 12.1. The van der Waals surface area contributed by atoms with Crippen LogP contribution in [0.25, 0.3) is 0 Å². The van der Waals surface area contributed by atoms with Gasteiger partial charge >= 0.3 is 11.9 Å². The Balaban J connectivity index is 2.30. The Bertz CT molecular complexity index is 603. The molecule has 1 aromatic rings. The van der Waals surface area contributed by atoms with E-state index in [4.69, 9.17) is 21.1 Å². The predicted octanol–water partition coefficient (Wildman–Crippen LogP) is 2.40. The Labute approximate surface area is 133 Å². The van der Waals surface area contributed by atoms with Gasteiger partial charge in [-0.15, -0.1) is 0 Å². The first kappa shape index (κ1) is 16.3. The number of anilines is 1. The zero-order valence-corrected chi connectivity index (χ0v) is 13.2. The summed E-state index contributed by atoms with van der Waals surface area (Å²) in [5, 5.41) is 6.19. The lowest BCUT2D eigenvalue weighted by Crippen LogP contribution is -2.36. The van der Waals surface area contributed by atoms with Crippen LogP contribution in [-0.2, 0) is 19.1 Å². The SMILES string of the molecule is CCOC(=O)C1=NN(c2cccc(Cl)c2)C(C(=O)OCC)C1. The van der Waals surface area contributed by atoms with Crippen LogP contribution in [0.3, 0.4) is 0 Å². The van der Waals surface area contributed by atoms with Crippen LogP contribution in [0.4, 0.5) is 5.69 Å². The molecule has 1 aromatic carbocycles. The molecule has 0 amide bonds. The van der Waals surface area contributed by atoms with Crippen molar-refractivity contribution in [3.63, 3.8) is 0 Å². The number of hydrazone groups is 1. The van der Waals surface area contributed by atoms with Crippen molar-refractivity contribution in [1.82, 2.24) is 0 Å². The summed E-state index contributed by atoms with van der Waals surface area (Å²) in [4.78, 5) is 24.0. The van der Waals surface area contributed by atoms with Gasteiger partial charge in [0, 0.05) is 11.4 Å². The molecule has 2 rings (SSSR count). The van der Waals surface area contributed by atoms with Gasteiger partial charge in [-0.05, 0) is 32.0 Å². The number of nitrogens with zero attached hydrogens (tertiary/aromatic N) is 2. The summed E-state index contributed by atoms with van der Waals surface area (Å²) in [5.74, 6) is -0.966. The Morgan fingerprint density at radius 2 is 2.05 bits per heavy atom. The van der Waals surface area contributed by atoms with E-state index in [1.54, 1.807) is 38.1 Å². The average molecular weight is 325 g/mol. The molecule has 1 unspecified atom stereocenters. The van der Waals surface area contributed by atoms with Gasteiger partial charge in [0.15, 0.2) is 6.04 Å². The first-order valence-corrected chi connectivity index (χ1v) is 7.40. The second kappa shape index (κ2) is 7.26. The fraction of sp³-hybridized carbons (Fsp3) is 0.400. The standard InChI is InChI=1S/C15H17ClN2O4/c1-3-21-14(19)12-9-13(15(20)22-4-2)18(17-12)11-7-5-6-10(16)8-11/h5-8,13H,3-4,9H2,1-2H3. The third kappa shape index (κ3) is 3.57. The van der Waals surface area contributed by atoms with Crippen molar-refractivity contribution in [1.29, 1.82) is 0 Å². The molecular formula is C15H17ClN2O4. The molecule has 0 aromatic heterocycles. The first-order chi connectivity index (χ1) is 10.6. The van der Waals surface area contributed by atoms with Crippen LogP contribution in [0.1, 0.15) is 20.3 Å². The summed E-state index contributed by atoms with van der Waals surface area (Å²) in [6.45, 7) is 3.95. The monoisotopic (exact) mass is 324 g/mol. The molecule has 0 bridgehead atoms. The van der Waals surface area contributed by atoms with Crippen LogP contribution < -0.4 is 5.01 Å². The van der Waals surface area contributed by atoms with E-state index < -0.39 is 18.0 Å². The van der Waals surface area contributed by atoms with Gasteiger partial charge in [-0.25, -0.2) is 9.59 Å². The fourth-order valence-corrected chi connectivity index (χ4v) is 2.31. The van der Waals surface area contributed by atoms with E-state index in [9.17, 15) is 9.59 Å². The number of carbonyl (C=O) groups excluding carboxylic acids is 2. The Kier molecular flexibility index (Phi) is 5.38. The number of hydrogen-bond donors (Lipinski definition) is 0. The van der Waals surface area contributed by atoms with Crippen LogP contribution in [0.2, 0.25) is 5.02 Å². The van der Waals surface area contributed by atoms with E-state index in [1.807, 2.05) is 0 Å². The van der Waals surface area contributed by atoms with Gasteiger partial charge in [-0.3, -0.25) is 5.01 Å². The zero-order chi connectivity index (χ0) is 16.1. The molecule has 0 spiro atoms. The highest BCUT2D eigenvalue weighted by molar-refractivity contribution is 6.38. The molecule has 0 fully saturated rings. The third-order valence-electron chi connectivity index (χ3n) is 3.05. The van der Waals surface area contributed by atoms with E-state index in [2.05, 4.69) is 5.10 Å². The quantitative estimate of drug-likeness (QED) is 0.778. The van der Waals surface area contributed by atoms with Gasteiger partial charge in [0.25, 0.3) is 0 Å². The lowest BCUT2D eigenvalue weighted by molar-refractivity contribution is -0.144. The van der Waals surface area contributed by atoms with Crippen molar-refractivity contribution in [2.75, 3.05) is 18.2 Å². The Morgan fingerprint density at radius 3 is 2.68 bits per heavy atom. The average Bonchev–Trinajstić information content (AvgIpc) is 2.93. The van der Waals surface area contributed by atoms with Crippen LogP contribution in [0.5, 0.6) is 0 Å². The van der Waals surface area contributed by atoms with Crippen LogP contribution in [0.15, 0.2) is 29.4 Å². The number of benzene rings is 1. The van der Waals surface area contributed by atoms with E-state index in [1.165, 1.54) is 5.01 Å². The second-order valence-electron chi connectivity index (χ2n) is 4.56. The van der Waals surface area contributed by atoms with Crippen LogP contribution >= 0.6 is 11.6 Å². The number of esters is 2. The molecule has 0 saturated heterocycles. The minimum absolute atomic E-state index is 0.143. The molecule has 1 aliphatic rings. The van der Waals surface area contributed by atoms with Crippen molar-refractivity contribution in [3.8, 4) is 0 Å². The minimum Gasteiger partial charge on any atom is -0.464 e. The zero-order valence-electron chi connectivity index (χ0n) is 12.4. The van der Waals surface area contributed by atoms with E-state index in [0.717, 1.165) is 0 Å². The smallest absolute Gasteiger partial charge is 0.354 e. The van der Waals surface area contributed by atoms with E-state index in [0.29, 0.717) is 10.7 Å². The van der Waals surface area contributed by atoms with Gasteiger partial charge < -0.3 is 9.47 Å². The normalized spacial score (nSPS) is 17.1. The van der Waals surface area contributed by atoms with Crippen LogP contribution in [-0.4, -0.2) is 36.9 Å². The highest BCUT2D eigenvalue weighted by Crippen LogP contribution is 2.28. The lowest BCUT2D eigenvalue weighted by atomic mass is 10.1. The lowest BCUT2D eigenvalue weighted by Gasteiger charge is -2.21. The largest absolute Gasteiger partial charge is 0.464 e. The number of halogens is 1. The number of carbonyl (C=O) groups is 2. The highest BCUT2D eigenvalue weighted by Gasteiger charge is 2.37. The number of hydrogen-bond acceptors (Lipinski definition) is 6. The summed E-state index contributed by atoms with van der Waals surface area (Å²) in [7, 11) is 0. The van der Waals surface area contributed by atoms with Gasteiger partial charge in [-0.1, -0.05) is 17.7 Å². The van der Waals surface area contributed by atoms with Gasteiger partial charge in [-0.2, -0.15) is 5.10 Å². The maximum Gasteiger partial charge on any atom is 0.354 e. The fourth-order valence-electron chi connectivity index (χ4n) is 2.13. The van der Waals surface area contributed by atoms with Crippen molar-refractivity contribution < 1.29 is 19.1 Å². The summed E-state index contributed by atoms with van der Waals surface area (Å²) < 4.78 is 10.0. The maximum absolute atomic E-state index is 12.1. The molecule has 0 saturated carbocycles. The number of ether oxygens (including phenoxy) is 2. The molecule has 0 aliphatic carbocycles. The van der Waals surface area contributed by atoms with Gasteiger partial charge in [0.1, 0.15) is 5.71 Å². The molecule has 0 N–H and O–H groups in total. The molecule has 1 atom stereocenters. The molecule has 118 valence electrons. The first-order valence-electron chi connectivity index (χ1n) is 7.02. The van der Waals surface area contributed by atoms with Gasteiger partial charge in [0.2, 0.25) is 0 Å². The molecule has 22 heavy (non-hydrogen) atoms. The Hall–Kier alpha value is -2.08. The van der Waals surface area contributed by atoms with E-state index >= 15 is 0 Å². The summed E-state index contributed by atoms with van der Waals surface area (Å²) in [6, 6.07) is 6.20. The third-order valence-corrected chi connectivity index (χ3v) is 3.29. The summed E-state index contributed by atoms with van der Waals surface area (Å²) in [5.41, 5.74) is 0.810. The molecule has 6 nitrogen and oxygen atoms in total. The molecular weight excluding hydrogens is 308 g/mol. The van der Waals surface area contributed by atoms with Crippen molar-refractivity contribution in [3.05, 3.63) is 29.3 Å². The minimum atomic E-state index is -0.696. The molecule has 7 heteroatoms. The molecule has 1 heterocycles. The topological polar surface area (TPSA) is 68.2 Å². The number of rotatable bonds is 5. The Morgan fingerprint density at radius 1 is 1.32 bits per heavy atom. The predicted molar refractivity (Wildman–Crippen MR) is 83.0 cm³/mol. The second-order valence-corrected chi connectivity index (χ2v) is 5.00. The van der Waals surface area contributed by atoms with E-state index in [-0.39, 0.29) is 25.3 Å². The van der Waals surface area contributed by atoms with Crippen LogP contribution in [0, 0.1) is 0 Å². The van der Waals surface area contributed by atoms with Gasteiger partial charge in [0.05, 0.1) is 18.9 Å². The van der Waals surface area contributed by atoms with Crippen molar-refractivity contribution in [2.45, 2.75) is 26.3 Å². The molecule has 0 radical (unpaired) electrons. The van der Waals surface area contributed by atoms with Crippen molar-refractivity contribution in [2.24, 2.45) is 5.10 Å². The highest BCUT2D eigenvalue weighted by atomic mass is 35.5. The summed E-state index contributed by atoms with van der Waals surface area (Å²) in [6.07, 6.45) is 0.143.